The number of fused-ring (bicyclic) bond motifs is 1. The summed E-state index contributed by atoms with van der Waals surface area (Å²) in [6.45, 7) is 4.56. The van der Waals surface area contributed by atoms with E-state index < -0.39 is 5.63 Å². The van der Waals surface area contributed by atoms with Crippen molar-refractivity contribution in [2.45, 2.75) is 24.5 Å². The van der Waals surface area contributed by atoms with Crippen molar-refractivity contribution in [1.29, 1.82) is 0 Å². The third-order valence-corrected chi connectivity index (χ3v) is 7.33. The summed E-state index contributed by atoms with van der Waals surface area (Å²) in [5, 5.41) is 4.65. The highest BCUT2D eigenvalue weighted by atomic mass is 35.5. The van der Waals surface area contributed by atoms with E-state index in [1.165, 1.54) is 24.8 Å². The van der Waals surface area contributed by atoms with E-state index in [1.54, 1.807) is 24.3 Å². The summed E-state index contributed by atoms with van der Waals surface area (Å²) in [5.74, 6) is -0.232. The van der Waals surface area contributed by atoms with E-state index >= 15 is 0 Å². The second kappa shape index (κ2) is 11.6. The molecule has 3 aromatic rings. The first-order valence-corrected chi connectivity index (χ1v) is 12.8. The van der Waals surface area contributed by atoms with Crippen molar-refractivity contribution >= 4 is 57.6 Å². The molecule has 10 heteroatoms. The number of Topliss-reactive ketones (excluding diaryl/α,β-unsaturated/α-hetero) is 1. The van der Waals surface area contributed by atoms with Crippen LogP contribution in [0.1, 0.15) is 22.8 Å². The molecule has 1 N–H and O–H groups in total. The third-order valence-electron chi connectivity index (χ3n) is 5.59. The van der Waals surface area contributed by atoms with Crippen molar-refractivity contribution < 1.29 is 18.7 Å². The van der Waals surface area contributed by atoms with E-state index in [1.807, 2.05) is 12.1 Å². The van der Waals surface area contributed by atoms with E-state index in [-0.39, 0.29) is 29.1 Å². The highest BCUT2D eigenvalue weighted by Crippen LogP contribution is 2.25. The Bertz CT molecular complexity index is 1310. The second-order valence-corrected chi connectivity index (χ2v) is 10.1. The van der Waals surface area contributed by atoms with Gasteiger partial charge in [-0.25, -0.2) is 4.79 Å². The number of morpholine rings is 1. The number of hydrogen-bond acceptors (Lipinski definition) is 7. The van der Waals surface area contributed by atoms with Gasteiger partial charge in [-0.2, -0.15) is 0 Å². The van der Waals surface area contributed by atoms with Crippen LogP contribution in [0.2, 0.25) is 10.0 Å². The first-order valence-electron chi connectivity index (χ1n) is 11.0. The van der Waals surface area contributed by atoms with Crippen molar-refractivity contribution in [3.8, 4) is 0 Å². The Hall–Kier alpha value is -2.36. The number of nitrogens with zero attached hydrogens (tertiary/aromatic N) is 1. The van der Waals surface area contributed by atoms with Gasteiger partial charge in [0.1, 0.15) is 11.1 Å². The average Bonchev–Trinajstić information content (AvgIpc) is 2.83. The molecule has 2 heterocycles. The zero-order chi connectivity index (χ0) is 24.9. The molecule has 7 nitrogen and oxygen atoms in total. The van der Waals surface area contributed by atoms with Crippen molar-refractivity contribution in [2.24, 2.45) is 0 Å². The maximum absolute atomic E-state index is 12.4. The van der Waals surface area contributed by atoms with Crippen molar-refractivity contribution in [2.75, 3.05) is 32.0 Å². The summed E-state index contributed by atoms with van der Waals surface area (Å²) in [4.78, 5) is 39.0. The summed E-state index contributed by atoms with van der Waals surface area (Å²) in [5.41, 5.74) is 0.836. The van der Waals surface area contributed by atoms with Crippen LogP contribution in [0.4, 0.5) is 0 Å². The molecule has 2 aromatic carbocycles. The zero-order valence-corrected chi connectivity index (χ0v) is 21.3. The van der Waals surface area contributed by atoms with Crippen LogP contribution in [0.5, 0.6) is 0 Å². The number of benzene rings is 2. The van der Waals surface area contributed by atoms with Crippen LogP contribution < -0.4 is 10.9 Å². The zero-order valence-electron chi connectivity index (χ0n) is 19.0. The standard InChI is InChI=1S/C25H24Cl2N2O5S/c1-15(30)20-10-17-9-19(3-5-23(17)34-25(20)32)35-14-24(31)28-11-18-13-29(6-7-33-18)12-16-2-4-21(26)22(27)8-16/h2-5,8-10,18H,6-7,11-14H2,1H3,(H,28,31)/t18-/m0/s1. The Morgan fingerprint density at radius 1 is 1.14 bits per heavy atom. The summed E-state index contributed by atoms with van der Waals surface area (Å²) in [7, 11) is 0. The van der Waals surface area contributed by atoms with Crippen LogP contribution in [0.25, 0.3) is 11.0 Å². The van der Waals surface area contributed by atoms with E-state index in [9.17, 15) is 14.4 Å². The van der Waals surface area contributed by atoms with Crippen molar-refractivity contribution in [1.82, 2.24) is 10.2 Å². The van der Waals surface area contributed by atoms with Gasteiger partial charge in [-0.1, -0.05) is 29.3 Å². The lowest BCUT2D eigenvalue weighted by atomic mass is 10.1. The molecule has 0 unspecified atom stereocenters. The summed E-state index contributed by atoms with van der Waals surface area (Å²) in [6.07, 6.45) is -0.103. The van der Waals surface area contributed by atoms with Gasteiger partial charge in [0.25, 0.3) is 0 Å². The second-order valence-electron chi connectivity index (χ2n) is 8.27. The van der Waals surface area contributed by atoms with Gasteiger partial charge in [-0.15, -0.1) is 11.8 Å². The highest BCUT2D eigenvalue weighted by Gasteiger charge is 2.21. The van der Waals surface area contributed by atoms with Gasteiger partial charge >= 0.3 is 5.63 Å². The van der Waals surface area contributed by atoms with Crippen molar-refractivity contribution in [3.63, 3.8) is 0 Å². The predicted molar refractivity (Wildman–Crippen MR) is 138 cm³/mol. The quantitative estimate of drug-likeness (QED) is 0.260. The molecule has 0 aliphatic carbocycles. The molecule has 1 amide bonds. The van der Waals surface area contributed by atoms with Gasteiger partial charge in [0.2, 0.25) is 5.91 Å². The first-order chi connectivity index (χ1) is 16.8. The van der Waals surface area contributed by atoms with Gasteiger partial charge < -0.3 is 14.5 Å². The Morgan fingerprint density at radius 2 is 1.97 bits per heavy atom. The minimum Gasteiger partial charge on any atom is -0.422 e. The molecule has 1 atom stereocenters. The molecule has 35 heavy (non-hydrogen) atoms. The van der Waals surface area contributed by atoms with Gasteiger partial charge in [0, 0.05) is 36.5 Å². The molecule has 184 valence electrons. The minimum absolute atomic E-state index is 0.0121. The lowest BCUT2D eigenvalue weighted by Gasteiger charge is -2.33. The molecule has 1 fully saturated rings. The Labute approximate surface area is 216 Å². The van der Waals surface area contributed by atoms with E-state index in [2.05, 4.69) is 10.2 Å². The third kappa shape index (κ3) is 6.86. The van der Waals surface area contributed by atoms with E-state index in [0.717, 1.165) is 23.5 Å². The fraction of sp³-hybridized carbons (Fsp3) is 0.320. The molecule has 0 saturated carbocycles. The Kier molecular flexibility index (Phi) is 8.51. The SMILES string of the molecule is CC(=O)c1cc2cc(SCC(=O)NC[C@H]3CN(Cc4ccc(Cl)c(Cl)c4)CCO3)ccc2oc1=O. The molecular weight excluding hydrogens is 511 g/mol. The van der Waals surface area contributed by atoms with Gasteiger partial charge in [0.05, 0.1) is 28.5 Å². The first kappa shape index (κ1) is 25.7. The lowest BCUT2D eigenvalue weighted by Crippen LogP contribution is -2.47. The number of ketones is 1. The Morgan fingerprint density at radius 3 is 2.74 bits per heavy atom. The van der Waals surface area contributed by atoms with Crippen LogP contribution in [-0.4, -0.2) is 54.7 Å². The molecular formula is C25H24Cl2N2O5S. The minimum atomic E-state index is -0.648. The van der Waals surface area contributed by atoms with Gasteiger partial charge in [0.15, 0.2) is 5.78 Å². The number of carbonyl (C=O) groups excluding carboxylic acids is 2. The highest BCUT2D eigenvalue weighted by molar-refractivity contribution is 8.00. The number of hydrogen-bond donors (Lipinski definition) is 1. The fourth-order valence-corrected chi connectivity index (χ4v) is 4.90. The molecule has 0 spiro atoms. The largest absolute Gasteiger partial charge is 0.422 e. The van der Waals surface area contributed by atoms with E-state index in [0.29, 0.717) is 40.7 Å². The number of amides is 1. The molecule has 0 bridgehead atoms. The lowest BCUT2D eigenvalue weighted by molar-refractivity contribution is -0.119. The Balaban J connectivity index is 1.26. The topological polar surface area (TPSA) is 88.8 Å². The number of carbonyl (C=O) groups is 2. The van der Waals surface area contributed by atoms with Crippen LogP contribution in [-0.2, 0) is 16.1 Å². The number of rotatable bonds is 8. The summed E-state index contributed by atoms with van der Waals surface area (Å²) >= 11 is 13.5. The smallest absolute Gasteiger partial charge is 0.347 e. The van der Waals surface area contributed by atoms with Crippen LogP contribution in [0.3, 0.4) is 0 Å². The normalized spacial score (nSPS) is 16.4. The molecule has 1 saturated heterocycles. The van der Waals surface area contributed by atoms with Crippen LogP contribution in [0, 0.1) is 0 Å². The van der Waals surface area contributed by atoms with E-state index in [4.69, 9.17) is 32.4 Å². The number of ether oxygens (including phenoxy) is 1. The molecule has 1 aliphatic heterocycles. The summed E-state index contributed by atoms with van der Waals surface area (Å²) in [6, 6.07) is 12.4. The molecule has 0 radical (unpaired) electrons. The van der Waals surface area contributed by atoms with Gasteiger partial charge in [-0.05, 0) is 48.9 Å². The monoisotopic (exact) mass is 534 g/mol. The molecule has 1 aromatic heterocycles. The van der Waals surface area contributed by atoms with Crippen LogP contribution >= 0.6 is 35.0 Å². The number of halogens is 2. The average molecular weight is 535 g/mol. The fourth-order valence-electron chi connectivity index (χ4n) is 3.81. The van der Waals surface area contributed by atoms with Crippen LogP contribution in [0.15, 0.2) is 56.6 Å². The summed E-state index contributed by atoms with van der Waals surface area (Å²) < 4.78 is 11.0. The van der Waals surface area contributed by atoms with Crippen molar-refractivity contribution in [3.05, 3.63) is 74.1 Å². The number of thioether (sulfide) groups is 1. The maximum atomic E-state index is 12.4. The number of nitrogens with one attached hydrogen (secondary N) is 1. The molecule has 1 aliphatic rings. The maximum Gasteiger partial charge on any atom is 0.347 e. The molecule has 4 rings (SSSR count). The predicted octanol–water partition coefficient (Wildman–Crippen LogP) is 4.41. The van der Waals surface area contributed by atoms with Gasteiger partial charge in [-0.3, -0.25) is 14.5 Å².